The third kappa shape index (κ3) is 1.37. The summed E-state index contributed by atoms with van der Waals surface area (Å²) in [5.74, 6) is -1.22. The lowest BCUT2D eigenvalue weighted by Crippen LogP contribution is -2.13. The summed E-state index contributed by atoms with van der Waals surface area (Å²) in [6, 6.07) is 1.78. The molecule has 0 radical (unpaired) electrons. The van der Waals surface area contributed by atoms with E-state index in [4.69, 9.17) is 5.11 Å². The fourth-order valence-corrected chi connectivity index (χ4v) is 2.59. The largest absolute Gasteiger partial charge is 0.481 e. The van der Waals surface area contributed by atoms with Crippen molar-refractivity contribution in [3.63, 3.8) is 0 Å². The van der Waals surface area contributed by atoms with Gasteiger partial charge in [-0.3, -0.25) is 9.59 Å². The monoisotopic (exact) mass is 196 g/mol. The van der Waals surface area contributed by atoms with Crippen molar-refractivity contribution in [2.24, 2.45) is 5.92 Å². The summed E-state index contributed by atoms with van der Waals surface area (Å²) in [6.45, 7) is 0. The van der Waals surface area contributed by atoms with Gasteiger partial charge in [0.25, 0.3) is 0 Å². The number of hydrogen-bond donors (Lipinski definition) is 1. The molecule has 0 fully saturated rings. The van der Waals surface area contributed by atoms with Crippen molar-refractivity contribution in [1.82, 2.24) is 0 Å². The van der Waals surface area contributed by atoms with Crippen LogP contribution in [0.1, 0.15) is 21.7 Å². The number of fused-ring (bicyclic) bond motifs is 1. The van der Waals surface area contributed by atoms with E-state index in [9.17, 15) is 9.59 Å². The second-order valence-corrected chi connectivity index (χ2v) is 4.12. The van der Waals surface area contributed by atoms with Gasteiger partial charge in [-0.1, -0.05) is 0 Å². The highest BCUT2D eigenvalue weighted by Gasteiger charge is 2.32. The van der Waals surface area contributed by atoms with E-state index in [2.05, 4.69) is 0 Å². The van der Waals surface area contributed by atoms with Crippen molar-refractivity contribution < 1.29 is 14.7 Å². The van der Waals surface area contributed by atoms with Gasteiger partial charge in [-0.15, -0.1) is 11.3 Å². The van der Waals surface area contributed by atoms with Gasteiger partial charge in [-0.2, -0.15) is 0 Å². The topological polar surface area (TPSA) is 54.4 Å². The Morgan fingerprint density at radius 2 is 2.46 bits per heavy atom. The summed E-state index contributed by atoms with van der Waals surface area (Å²) in [6.07, 6.45) is 0.568. The van der Waals surface area contributed by atoms with Crippen LogP contribution >= 0.6 is 11.3 Å². The normalized spacial score (nSPS) is 20.3. The van der Waals surface area contributed by atoms with Crippen molar-refractivity contribution in [3.05, 3.63) is 21.9 Å². The molecule has 0 aromatic carbocycles. The molecule has 0 saturated heterocycles. The number of carboxylic acid groups (broad SMARTS) is 1. The molecule has 1 aliphatic carbocycles. The summed E-state index contributed by atoms with van der Waals surface area (Å²) >= 11 is 1.53. The van der Waals surface area contributed by atoms with Crippen molar-refractivity contribution >= 4 is 23.1 Å². The number of hydrogen-bond acceptors (Lipinski definition) is 3. The molecule has 1 atom stereocenters. The van der Waals surface area contributed by atoms with Crippen LogP contribution in [0.5, 0.6) is 0 Å². The van der Waals surface area contributed by atoms with Crippen LogP contribution in [-0.4, -0.2) is 16.9 Å². The molecular formula is C9H8O3S. The lowest BCUT2D eigenvalue weighted by Gasteiger charge is -2.02. The van der Waals surface area contributed by atoms with E-state index in [0.29, 0.717) is 6.42 Å². The Hall–Kier alpha value is -1.16. The number of ketones is 1. The Kier molecular flexibility index (Phi) is 1.92. The summed E-state index contributed by atoms with van der Waals surface area (Å²) in [7, 11) is 0. The molecule has 3 nitrogen and oxygen atoms in total. The second kappa shape index (κ2) is 2.96. The molecular weight excluding hydrogens is 188 g/mol. The number of carboxylic acids is 1. The Labute approximate surface area is 79.0 Å². The number of carbonyl (C=O) groups is 2. The molecule has 1 aromatic rings. The van der Waals surface area contributed by atoms with E-state index in [1.165, 1.54) is 11.3 Å². The third-order valence-corrected chi connectivity index (χ3v) is 3.18. The molecule has 1 heterocycles. The minimum Gasteiger partial charge on any atom is -0.481 e. The first-order valence-electron chi connectivity index (χ1n) is 4.01. The van der Waals surface area contributed by atoms with Gasteiger partial charge in [0, 0.05) is 16.4 Å². The van der Waals surface area contributed by atoms with Gasteiger partial charge in [-0.05, 0) is 17.9 Å². The SMILES string of the molecule is O=C(O)CC1Cc2sccc2C1=O. The first-order chi connectivity index (χ1) is 6.18. The minimum absolute atomic E-state index is 0.00125. The zero-order valence-electron chi connectivity index (χ0n) is 6.82. The molecule has 0 aliphatic heterocycles. The summed E-state index contributed by atoms with van der Waals surface area (Å²) in [5.41, 5.74) is 0.733. The lowest BCUT2D eigenvalue weighted by atomic mass is 10.0. The van der Waals surface area contributed by atoms with Gasteiger partial charge in [-0.25, -0.2) is 0 Å². The maximum Gasteiger partial charge on any atom is 0.304 e. The van der Waals surface area contributed by atoms with Gasteiger partial charge >= 0.3 is 5.97 Å². The van der Waals surface area contributed by atoms with Crippen molar-refractivity contribution in [3.8, 4) is 0 Å². The average Bonchev–Trinajstić information content (AvgIpc) is 2.56. The molecule has 1 N–H and O–H groups in total. The average molecular weight is 196 g/mol. The first kappa shape index (κ1) is 8.44. The molecule has 13 heavy (non-hydrogen) atoms. The lowest BCUT2D eigenvalue weighted by molar-refractivity contribution is -0.137. The highest BCUT2D eigenvalue weighted by Crippen LogP contribution is 2.32. The van der Waals surface area contributed by atoms with E-state index in [1.807, 2.05) is 5.38 Å². The van der Waals surface area contributed by atoms with Gasteiger partial charge in [0.1, 0.15) is 0 Å². The van der Waals surface area contributed by atoms with Crippen LogP contribution in [-0.2, 0) is 11.2 Å². The number of aliphatic carboxylic acids is 1. The molecule has 2 rings (SSSR count). The Bertz CT molecular complexity index is 367. The van der Waals surface area contributed by atoms with Crippen molar-refractivity contribution in [2.45, 2.75) is 12.8 Å². The second-order valence-electron chi connectivity index (χ2n) is 3.12. The highest BCUT2D eigenvalue weighted by molar-refractivity contribution is 7.10. The van der Waals surface area contributed by atoms with Crippen LogP contribution in [0.3, 0.4) is 0 Å². The molecule has 0 bridgehead atoms. The smallest absolute Gasteiger partial charge is 0.304 e. The fourth-order valence-electron chi connectivity index (χ4n) is 1.63. The summed E-state index contributed by atoms with van der Waals surface area (Å²) in [4.78, 5) is 23.0. The maximum atomic E-state index is 11.5. The van der Waals surface area contributed by atoms with E-state index in [0.717, 1.165) is 10.4 Å². The summed E-state index contributed by atoms with van der Waals surface area (Å²) in [5, 5.41) is 10.4. The standard InChI is InChI=1S/C9H8O3S/c10-8(11)4-5-3-7-6(9(5)12)1-2-13-7/h1-2,5H,3-4H2,(H,10,11). The van der Waals surface area contributed by atoms with Crippen LogP contribution < -0.4 is 0 Å². The van der Waals surface area contributed by atoms with Gasteiger partial charge in [0.2, 0.25) is 0 Å². The van der Waals surface area contributed by atoms with Gasteiger partial charge in [0.05, 0.1) is 6.42 Å². The molecule has 4 heteroatoms. The van der Waals surface area contributed by atoms with Gasteiger partial charge < -0.3 is 5.11 Å². The Morgan fingerprint density at radius 1 is 1.69 bits per heavy atom. The Morgan fingerprint density at radius 3 is 3.08 bits per heavy atom. The van der Waals surface area contributed by atoms with Crippen LogP contribution in [0, 0.1) is 5.92 Å². The number of Topliss-reactive ketones (excluding diaryl/α,β-unsaturated/α-hetero) is 1. The zero-order chi connectivity index (χ0) is 9.42. The van der Waals surface area contributed by atoms with Crippen molar-refractivity contribution in [2.75, 3.05) is 0 Å². The van der Waals surface area contributed by atoms with Crippen LogP contribution in [0.25, 0.3) is 0 Å². The predicted molar refractivity (Wildman–Crippen MR) is 48.1 cm³/mol. The molecule has 1 unspecified atom stereocenters. The third-order valence-electron chi connectivity index (χ3n) is 2.23. The van der Waals surface area contributed by atoms with Crippen molar-refractivity contribution in [1.29, 1.82) is 0 Å². The number of rotatable bonds is 2. The predicted octanol–water partition coefficient (Wildman–Crippen LogP) is 1.58. The molecule has 1 aromatic heterocycles. The molecule has 0 amide bonds. The molecule has 68 valence electrons. The van der Waals surface area contributed by atoms with E-state index < -0.39 is 5.97 Å². The molecule has 0 saturated carbocycles. The zero-order valence-corrected chi connectivity index (χ0v) is 7.63. The number of thiophene rings is 1. The van der Waals surface area contributed by atoms with Crippen LogP contribution in [0.4, 0.5) is 0 Å². The first-order valence-corrected chi connectivity index (χ1v) is 4.89. The number of carbonyl (C=O) groups excluding carboxylic acids is 1. The van der Waals surface area contributed by atoms with Crippen LogP contribution in [0.15, 0.2) is 11.4 Å². The Balaban J connectivity index is 2.19. The van der Waals surface area contributed by atoms with Gasteiger partial charge in [0.15, 0.2) is 5.78 Å². The highest BCUT2D eigenvalue weighted by atomic mass is 32.1. The fraction of sp³-hybridized carbons (Fsp3) is 0.333. The van der Waals surface area contributed by atoms with Crippen LogP contribution in [0.2, 0.25) is 0 Å². The molecule has 1 aliphatic rings. The molecule has 0 spiro atoms. The minimum atomic E-state index is -0.895. The van der Waals surface area contributed by atoms with E-state index >= 15 is 0 Å². The van der Waals surface area contributed by atoms with E-state index in [-0.39, 0.29) is 18.1 Å². The maximum absolute atomic E-state index is 11.5. The summed E-state index contributed by atoms with van der Waals surface area (Å²) < 4.78 is 0. The quantitative estimate of drug-likeness (QED) is 0.781. The van der Waals surface area contributed by atoms with E-state index in [1.54, 1.807) is 6.07 Å².